The summed E-state index contributed by atoms with van der Waals surface area (Å²) < 4.78 is 6.01. The second kappa shape index (κ2) is 9.05. The minimum Gasteiger partial charge on any atom is -0.487 e. The van der Waals surface area contributed by atoms with E-state index in [1.54, 1.807) is 45.0 Å². The number of fused-ring (bicyclic) bond motifs is 1. The Balaban J connectivity index is 1.95. The maximum absolute atomic E-state index is 13.1. The molecule has 0 aliphatic carbocycles. The molecule has 8 nitrogen and oxygen atoms in total. The zero-order valence-corrected chi connectivity index (χ0v) is 18.0. The van der Waals surface area contributed by atoms with E-state index in [4.69, 9.17) is 4.74 Å². The van der Waals surface area contributed by atoms with Gasteiger partial charge in [-0.15, -0.1) is 0 Å². The lowest BCUT2D eigenvalue weighted by Crippen LogP contribution is -2.49. The number of carboxylic acid groups (broad SMARTS) is 1. The average Bonchev–Trinajstić information content (AvgIpc) is 2.74. The van der Waals surface area contributed by atoms with E-state index in [0.717, 1.165) is 5.39 Å². The molecule has 0 spiro atoms. The molecule has 3 aromatic carbocycles. The quantitative estimate of drug-likeness (QED) is 0.414. The van der Waals surface area contributed by atoms with Crippen LogP contribution in [0.15, 0.2) is 60.7 Å². The van der Waals surface area contributed by atoms with E-state index >= 15 is 0 Å². The van der Waals surface area contributed by atoms with Crippen LogP contribution in [0.4, 0.5) is 5.69 Å². The SMILES string of the molecule is CC(C)(C)C(NC(=O)c1ccc2ccccc2c1OCc1ccc([N+](=O)[O-])cc1)C(=O)O. The topological polar surface area (TPSA) is 119 Å². The lowest BCUT2D eigenvalue weighted by Gasteiger charge is -2.28. The summed E-state index contributed by atoms with van der Waals surface area (Å²) in [7, 11) is 0. The summed E-state index contributed by atoms with van der Waals surface area (Å²) in [5.74, 6) is -1.37. The van der Waals surface area contributed by atoms with Crippen LogP contribution in [-0.2, 0) is 11.4 Å². The highest BCUT2D eigenvalue weighted by atomic mass is 16.6. The van der Waals surface area contributed by atoms with Gasteiger partial charge in [0.1, 0.15) is 18.4 Å². The number of carbonyl (C=O) groups excluding carboxylic acids is 1. The molecular weight excluding hydrogens is 412 g/mol. The fourth-order valence-electron chi connectivity index (χ4n) is 3.30. The van der Waals surface area contributed by atoms with Crippen LogP contribution in [0.3, 0.4) is 0 Å². The van der Waals surface area contributed by atoms with E-state index in [9.17, 15) is 24.8 Å². The van der Waals surface area contributed by atoms with Gasteiger partial charge < -0.3 is 15.2 Å². The van der Waals surface area contributed by atoms with Crippen molar-refractivity contribution in [1.82, 2.24) is 5.32 Å². The number of nitrogens with one attached hydrogen (secondary N) is 1. The third-order valence-corrected chi connectivity index (χ3v) is 5.04. The molecule has 1 amide bonds. The van der Waals surface area contributed by atoms with Crippen LogP contribution in [0.1, 0.15) is 36.7 Å². The third-order valence-electron chi connectivity index (χ3n) is 5.04. The summed E-state index contributed by atoms with van der Waals surface area (Å²) in [5, 5.41) is 24.6. The average molecular weight is 436 g/mol. The molecule has 0 heterocycles. The van der Waals surface area contributed by atoms with Gasteiger partial charge in [0, 0.05) is 17.5 Å². The molecule has 166 valence electrons. The van der Waals surface area contributed by atoms with Gasteiger partial charge in [-0.05, 0) is 34.6 Å². The van der Waals surface area contributed by atoms with Crippen molar-refractivity contribution in [1.29, 1.82) is 0 Å². The van der Waals surface area contributed by atoms with Gasteiger partial charge in [0.05, 0.1) is 10.5 Å². The van der Waals surface area contributed by atoms with E-state index in [1.807, 2.05) is 24.3 Å². The maximum Gasteiger partial charge on any atom is 0.326 e. The van der Waals surface area contributed by atoms with Crippen LogP contribution in [-0.4, -0.2) is 27.9 Å². The van der Waals surface area contributed by atoms with E-state index in [1.165, 1.54) is 12.1 Å². The van der Waals surface area contributed by atoms with Crippen molar-refractivity contribution in [3.05, 3.63) is 81.9 Å². The summed E-state index contributed by atoms with van der Waals surface area (Å²) >= 11 is 0. The summed E-state index contributed by atoms with van der Waals surface area (Å²) in [6.07, 6.45) is 0. The van der Waals surface area contributed by atoms with E-state index < -0.39 is 28.3 Å². The van der Waals surface area contributed by atoms with Crippen molar-refractivity contribution in [2.75, 3.05) is 0 Å². The molecule has 8 heteroatoms. The first kappa shape index (κ1) is 22.7. The fraction of sp³-hybridized carbons (Fsp3) is 0.250. The number of amides is 1. The molecule has 2 N–H and O–H groups in total. The molecule has 1 atom stereocenters. The minimum absolute atomic E-state index is 0.0270. The Bertz CT molecular complexity index is 1170. The predicted molar refractivity (Wildman–Crippen MR) is 120 cm³/mol. The number of carbonyl (C=O) groups is 2. The Morgan fingerprint density at radius 3 is 2.31 bits per heavy atom. The Morgan fingerprint density at radius 2 is 1.72 bits per heavy atom. The van der Waals surface area contributed by atoms with Crippen molar-refractivity contribution in [3.8, 4) is 5.75 Å². The first-order valence-electron chi connectivity index (χ1n) is 9.99. The van der Waals surface area contributed by atoms with Crippen LogP contribution in [0.5, 0.6) is 5.75 Å². The molecule has 0 aliphatic rings. The number of hydrogen-bond donors (Lipinski definition) is 2. The van der Waals surface area contributed by atoms with Crippen LogP contribution in [0, 0.1) is 15.5 Å². The Hall–Kier alpha value is -3.94. The number of non-ortho nitro benzene ring substituents is 1. The molecule has 0 bridgehead atoms. The zero-order valence-electron chi connectivity index (χ0n) is 18.0. The van der Waals surface area contributed by atoms with Crippen LogP contribution < -0.4 is 10.1 Å². The van der Waals surface area contributed by atoms with Crippen molar-refractivity contribution in [2.45, 2.75) is 33.4 Å². The highest BCUT2D eigenvalue weighted by Gasteiger charge is 2.33. The van der Waals surface area contributed by atoms with Crippen molar-refractivity contribution in [2.24, 2.45) is 5.41 Å². The van der Waals surface area contributed by atoms with Gasteiger partial charge in [-0.1, -0.05) is 51.1 Å². The second-order valence-corrected chi connectivity index (χ2v) is 8.49. The van der Waals surface area contributed by atoms with Gasteiger partial charge in [0.15, 0.2) is 0 Å². The van der Waals surface area contributed by atoms with Crippen molar-refractivity contribution >= 4 is 28.3 Å². The standard InChI is InChI=1S/C24H24N2O6/c1-24(2,3)21(23(28)29)25-22(27)19-13-10-16-6-4-5-7-18(16)20(19)32-14-15-8-11-17(12-9-15)26(30)31/h4-13,21H,14H2,1-3H3,(H,25,27)(H,28,29). The molecule has 3 aromatic rings. The minimum atomic E-state index is -1.13. The van der Waals surface area contributed by atoms with Gasteiger partial charge in [-0.25, -0.2) is 4.79 Å². The summed E-state index contributed by atoms with van der Waals surface area (Å²) in [6.45, 7) is 5.28. The molecule has 0 saturated carbocycles. The second-order valence-electron chi connectivity index (χ2n) is 8.49. The monoisotopic (exact) mass is 436 g/mol. The molecule has 0 aromatic heterocycles. The van der Waals surface area contributed by atoms with E-state index in [2.05, 4.69) is 5.32 Å². The molecule has 0 saturated heterocycles. The summed E-state index contributed by atoms with van der Waals surface area (Å²) in [4.78, 5) is 35.1. The number of aliphatic carboxylic acids is 1. The first-order valence-corrected chi connectivity index (χ1v) is 9.99. The Morgan fingerprint density at radius 1 is 1.06 bits per heavy atom. The summed E-state index contributed by atoms with van der Waals surface area (Å²) in [6, 6.07) is 15.6. The third kappa shape index (κ3) is 5.03. The fourth-order valence-corrected chi connectivity index (χ4v) is 3.30. The molecule has 3 rings (SSSR count). The first-order chi connectivity index (χ1) is 15.1. The van der Waals surface area contributed by atoms with Crippen LogP contribution in [0.2, 0.25) is 0 Å². The Kier molecular flexibility index (Phi) is 6.43. The Labute approximate surface area is 185 Å². The molecular formula is C24H24N2O6. The van der Waals surface area contributed by atoms with Gasteiger partial charge in [-0.2, -0.15) is 0 Å². The number of nitro groups is 1. The number of hydrogen-bond acceptors (Lipinski definition) is 5. The van der Waals surface area contributed by atoms with Gasteiger partial charge in [-0.3, -0.25) is 14.9 Å². The number of rotatable bonds is 7. The lowest BCUT2D eigenvalue weighted by atomic mass is 9.86. The number of nitro benzene ring substituents is 1. The molecule has 0 fully saturated rings. The van der Waals surface area contributed by atoms with E-state index in [0.29, 0.717) is 16.7 Å². The number of benzene rings is 3. The lowest BCUT2D eigenvalue weighted by molar-refractivity contribution is -0.384. The van der Waals surface area contributed by atoms with Crippen molar-refractivity contribution < 1.29 is 24.4 Å². The largest absolute Gasteiger partial charge is 0.487 e. The number of carboxylic acids is 1. The number of nitrogens with zero attached hydrogens (tertiary/aromatic N) is 1. The van der Waals surface area contributed by atoms with Crippen LogP contribution in [0.25, 0.3) is 10.8 Å². The highest BCUT2D eigenvalue weighted by molar-refractivity contribution is 6.05. The van der Waals surface area contributed by atoms with Gasteiger partial charge >= 0.3 is 5.97 Å². The predicted octanol–water partition coefficient (Wildman–Crippen LogP) is 4.56. The molecule has 32 heavy (non-hydrogen) atoms. The molecule has 1 unspecified atom stereocenters. The summed E-state index contributed by atoms with van der Waals surface area (Å²) in [5.41, 5.74) is 0.174. The van der Waals surface area contributed by atoms with E-state index in [-0.39, 0.29) is 17.9 Å². The normalized spacial score (nSPS) is 12.2. The van der Waals surface area contributed by atoms with Gasteiger partial charge in [0.2, 0.25) is 0 Å². The highest BCUT2D eigenvalue weighted by Crippen LogP contribution is 2.31. The molecule has 0 aliphatic heterocycles. The number of ether oxygens (including phenoxy) is 1. The zero-order chi connectivity index (χ0) is 23.5. The smallest absolute Gasteiger partial charge is 0.326 e. The maximum atomic E-state index is 13.1. The van der Waals surface area contributed by atoms with Gasteiger partial charge in [0.25, 0.3) is 11.6 Å². The van der Waals surface area contributed by atoms with Crippen molar-refractivity contribution in [3.63, 3.8) is 0 Å². The van der Waals surface area contributed by atoms with Crippen LogP contribution >= 0.6 is 0 Å². The molecule has 0 radical (unpaired) electrons.